The molecule has 65 heavy (non-hydrogen) atoms. The average molecular weight is 977 g/mol. The number of aryl methyl sites for hydroxylation is 1. The van der Waals surface area contributed by atoms with Gasteiger partial charge in [0.1, 0.15) is 23.2 Å². The number of halogens is 3. The van der Waals surface area contributed by atoms with E-state index in [0.29, 0.717) is 76.8 Å². The van der Waals surface area contributed by atoms with Crippen molar-refractivity contribution in [2.75, 3.05) is 85.6 Å². The molecule has 0 radical (unpaired) electrons. The van der Waals surface area contributed by atoms with Gasteiger partial charge in [-0.3, -0.25) is 24.1 Å². The molecule has 1 unspecified atom stereocenters. The van der Waals surface area contributed by atoms with Gasteiger partial charge in [-0.15, -0.1) is 0 Å². The Morgan fingerprint density at radius 2 is 1.65 bits per heavy atom. The largest absolute Gasteiger partial charge is 0.494 e. The lowest BCUT2D eigenvalue weighted by atomic mass is 9.89. The van der Waals surface area contributed by atoms with E-state index in [-0.39, 0.29) is 18.4 Å². The Kier molecular flexibility index (Phi) is 13.1. The van der Waals surface area contributed by atoms with Crippen LogP contribution in [0.5, 0.6) is 5.75 Å². The summed E-state index contributed by atoms with van der Waals surface area (Å²) in [6.45, 7) is 8.69. The fourth-order valence-corrected chi connectivity index (χ4v) is 11.4. The molecule has 14 nitrogen and oxygen atoms in total. The van der Waals surface area contributed by atoms with Gasteiger partial charge in [-0.25, -0.2) is 22.2 Å². The number of benzene rings is 3. The summed E-state index contributed by atoms with van der Waals surface area (Å²) in [6, 6.07) is 11.4. The van der Waals surface area contributed by atoms with E-state index in [1.807, 2.05) is 6.07 Å². The molecule has 3 saturated heterocycles. The van der Waals surface area contributed by atoms with Gasteiger partial charge in [-0.1, -0.05) is 13.0 Å². The van der Waals surface area contributed by atoms with Gasteiger partial charge in [-0.2, -0.15) is 4.98 Å². The first kappa shape index (κ1) is 45.3. The van der Waals surface area contributed by atoms with Gasteiger partial charge < -0.3 is 25.2 Å². The predicted molar refractivity (Wildman–Crippen MR) is 251 cm³/mol. The highest BCUT2D eigenvalue weighted by atomic mass is 79.9. The van der Waals surface area contributed by atoms with Crippen LogP contribution < -0.4 is 29.9 Å². The van der Waals surface area contributed by atoms with Crippen molar-refractivity contribution in [1.29, 1.82) is 0 Å². The molecule has 3 aromatic carbocycles. The van der Waals surface area contributed by atoms with E-state index < -0.39 is 39.4 Å². The number of piperazine rings is 1. The van der Waals surface area contributed by atoms with E-state index in [2.05, 4.69) is 76.7 Å². The van der Waals surface area contributed by atoms with Gasteiger partial charge in [0.15, 0.2) is 0 Å². The number of sulfonamides is 1. The lowest BCUT2D eigenvalue weighted by Gasteiger charge is -2.43. The molecule has 0 bridgehead atoms. The second-order valence-corrected chi connectivity index (χ2v) is 20.6. The van der Waals surface area contributed by atoms with Crippen molar-refractivity contribution >= 4 is 72.3 Å². The van der Waals surface area contributed by atoms with E-state index >= 15 is 8.78 Å². The summed E-state index contributed by atoms with van der Waals surface area (Å²) >= 11 is 3.61. The zero-order valence-electron chi connectivity index (χ0n) is 37.1. The van der Waals surface area contributed by atoms with E-state index in [1.165, 1.54) is 33.8 Å². The minimum Gasteiger partial charge on any atom is -0.494 e. The Morgan fingerprint density at radius 3 is 2.31 bits per heavy atom. The fraction of sp³-hybridized carbons (Fsp3) is 0.489. The molecular weight excluding hydrogens is 921 g/mol. The summed E-state index contributed by atoms with van der Waals surface area (Å²) in [4.78, 5) is 40.6. The first-order chi connectivity index (χ1) is 31.3. The van der Waals surface area contributed by atoms with Crippen molar-refractivity contribution in [1.82, 2.24) is 25.1 Å². The monoisotopic (exact) mass is 975 g/mol. The molecule has 2 amide bonds. The van der Waals surface area contributed by atoms with E-state index in [4.69, 9.17) is 9.72 Å². The van der Waals surface area contributed by atoms with Gasteiger partial charge >= 0.3 is 0 Å². The summed E-state index contributed by atoms with van der Waals surface area (Å²) in [5, 5.41) is 9.00. The molecule has 4 fully saturated rings. The highest BCUT2D eigenvalue weighted by Gasteiger charge is 2.36. The van der Waals surface area contributed by atoms with Gasteiger partial charge in [0, 0.05) is 88.3 Å². The summed E-state index contributed by atoms with van der Waals surface area (Å²) in [7, 11) is -1.82. The van der Waals surface area contributed by atoms with Crippen LogP contribution in [0.4, 0.5) is 43.3 Å². The van der Waals surface area contributed by atoms with Crippen molar-refractivity contribution in [2.45, 2.75) is 82.6 Å². The molecule has 346 valence electrons. The SMILES string of the molecule is CCc1cc(Nc2ncc(Br)c(Nc3ccc(C4CC4)c4c3N(S(C)(=O)=O)CC4)n2)c(OC)cc1N1CCC(N2CCN(CCc3cc(F)c(C4CCC(=O)NC4=O)c(F)c3)CC2)CC1. The molecule has 18 heteroatoms. The molecule has 9 rings (SSSR count). The number of hydrogen-bond donors (Lipinski definition) is 3. The summed E-state index contributed by atoms with van der Waals surface area (Å²) < 4.78 is 64.0. The van der Waals surface area contributed by atoms with Crippen molar-refractivity contribution < 1.29 is 31.5 Å². The van der Waals surface area contributed by atoms with Crippen LogP contribution in [0, 0.1) is 11.6 Å². The molecule has 1 aliphatic carbocycles. The van der Waals surface area contributed by atoms with E-state index in [1.54, 1.807) is 13.3 Å². The first-order valence-electron chi connectivity index (χ1n) is 22.7. The summed E-state index contributed by atoms with van der Waals surface area (Å²) in [5.41, 5.74) is 7.08. The highest BCUT2D eigenvalue weighted by molar-refractivity contribution is 9.10. The average Bonchev–Trinajstić information content (AvgIpc) is 4.03. The number of nitrogens with one attached hydrogen (secondary N) is 3. The minimum atomic E-state index is -3.48. The number of nitrogens with zero attached hydrogens (tertiary/aromatic N) is 6. The first-order valence-corrected chi connectivity index (χ1v) is 25.4. The maximum atomic E-state index is 15.1. The molecule has 5 heterocycles. The van der Waals surface area contributed by atoms with Crippen LogP contribution in [0.1, 0.15) is 85.1 Å². The number of methoxy groups -OCH3 is 1. The van der Waals surface area contributed by atoms with Crippen LogP contribution in [0.15, 0.2) is 47.1 Å². The zero-order chi connectivity index (χ0) is 45.6. The highest BCUT2D eigenvalue weighted by Crippen LogP contribution is 2.49. The van der Waals surface area contributed by atoms with Crippen molar-refractivity contribution in [3.63, 3.8) is 0 Å². The molecule has 3 N–H and O–H groups in total. The Balaban J connectivity index is 0.804. The normalized spacial score (nSPS) is 19.9. The lowest BCUT2D eigenvalue weighted by molar-refractivity contribution is -0.134. The third kappa shape index (κ3) is 9.67. The predicted octanol–water partition coefficient (Wildman–Crippen LogP) is 7.12. The smallest absolute Gasteiger partial charge is 0.234 e. The minimum absolute atomic E-state index is 0.0623. The van der Waals surface area contributed by atoms with Crippen LogP contribution in [0.2, 0.25) is 0 Å². The standard InChI is InChI=1S/C47H56BrF2N9O5S/c1-4-29-25-39(53-47-51-27-35(48)45(55-47)52-38-9-7-32(30-5-6-30)33-14-18-59(44(33)38)65(3,62)63)41(64-2)26-40(29)58-16-12-31(13-17-58)57-21-19-56(20-22-57)15-11-28-23-36(49)43(37(50)24-28)34-8-10-42(60)54-46(34)61/h7,9,23-27,30-31,34H,4-6,8,10-22H2,1-3H3,(H,54,60,61)(H2,51,52,53,55). The summed E-state index contributed by atoms with van der Waals surface area (Å²) in [6.07, 6.45) is 9.40. The quantitative estimate of drug-likeness (QED) is 0.110. The van der Waals surface area contributed by atoms with Gasteiger partial charge in [-0.05, 0) is 120 Å². The van der Waals surface area contributed by atoms with Crippen LogP contribution in [-0.4, -0.2) is 112 Å². The number of anilines is 6. The van der Waals surface area contributed by atoms with Crippen LogP contribution >= 0.6 is 15.9 Å². The number of ether oxygens (including phenoxy) is 1. The lowest BCUT2D eigenvalue weighted by Crippen LogP contribution is -2.53. The molecule has 0 spiro atoms. The Labute approximate surface area is 387 Å². The number of hydrogen-bond acceptors (Lipinski definition) is 12. The molecular formula is C47H56BrF2N9O5S. The number of rotatable bonds is 14. The van der Waals surface area contributed by atoms with E-state index in [0.717, 1.165) is 88.3 Å². The third-order valence-electron chi connectivity index (χ3n) is 13.7. The van der Waals surface area contributed by atoms with Crippen molar-refractivity contribution in [3.8, 4) is 5.75 Å². The van der Waals surface area contributed by atoms with Crippen molar-refractivity contribution in [3.05, 3.63) is 86.5 Å². The van der Waals surface area contributed by atoms with Gasteiger partial charge in [0.05, 0.1) is 40.8 Å². The molecule has 4 aromatic rings. The number of aromatic nitrogens is 2. The number of fused-ring (bicyclic) bond motifs is 1. The van der Waals surface area contributed by atoms with Gasteiger partial charge in [0.2, 0.25) is 27.8 Å². The van der Waals surface area contributed by atoms with Crippen LogP contribution in [-0.2, 0) is 38.9 Å². The Bertz CT molecular complexity index is 2580. The maximum Gasteiger partial charge on any atom is 0.234 e. The maximum absolute atomic E-state index is 15.1. The molecule has 1 aromatic heterocycles. The number of imide groups is 1. The van der Waals surface area contributed by atoms with Crippen LogP contribution in [0.25, 0.3) is 0 Å². The number of piperidine rings is 2. The Hall–Kier alpha value is -4.91. The Morgan fingerprint density at radius 1 is 0.908 bits per heavy atom. The third-order valence-corrected chi connectivity index (χ3v) is 15.5. The van der Waals surface area contributed by atoms with Crippen LogP contribution in [0.3, 0.4) is 0 Å². The topological polar surface area (TPSA) is 152 Å². The number of carbonyl (C=O) groups is 2. The second-order valence-electron chi connectivity index (χ2n) is 17.9. The number of carbonyl (C=O) groups excluding carboxylic acids is 2. The summed E-state index contributed by atoms with van der Waals surface area (Å²) in [5.74, 6) is -1.51. The molecule has 1 atom stereocenters. The van der Waals surface area contributed by atoms with Gasteiger partial charge in [0.25, 0.3) is 0 Å². The molecule has 1 saturated carbocycles. The van der Waals surface area contributed by atoms with Crippen molar-refractivity contribution in [2.24, 2.45) is 0 Å². The molecule has 5 aliphatic rings. The fourth-order valence-electron chi connectivity index (χ4n) is 10.1. The second kappa shape index (κ2) is 18.8. The van der Waals surface area contributed by atoms with E-state index in [9.17, 15) is 18.0 Å². The number of amides is 2. The zero-order valence-corrected chi connectivity index (χ0v) is 39.5. The molecule has 4 aliphatic heterocycles.